The van der Waals surface area contributed by atoms with E-state index in [1.165, 1.54) is 12.8 Å². The molecule has 114 valence electrons. The molecule has 0 aromatic carbocycles. The summed E-state index contributed by atoms with van der Waals surface area (Å²) in [7, 11) is 4.34. The molecule has 3 rings (SSSR count). The molecule has 4 unspecified atom stereocenters. The van der Waals surface area contributed by atoms with Crippen LogP contribution in [0.25, 0.3) is 0 Å². The van der Waals surface area contributed by atoms with Crippen molar-refractivity contribution in [2.24, 2.45) is 29.6 Å². The van der Waals surface area contributed by atoms with E-state index in [4.69, 9.17) is 14.0 Å². The van der Waals surface area contributed by atoms with Crippen LogP contribution in [0.4, 0.5) is 0 Å². The second kappa shape index (κ2) is 12.2. The first-order valence-electron chi connectivity index (χ1n) is 6.86. The fourth-order valence-electron chi connectivity index (χ4n) is 4.60. The summed E-state index contributed by atoms with van der Waals surface area (Å²) in [6.45, 7) is 13.5. The summed E-state index contributed by atoms with van der Waals surface area (Å²) in [6.07, 6.45) is 10.2. The third kappa shape index (κ3) is 5.70. The van der Waals surface area contributed by atoms with Gasteiger partial charge in [-0.2, -0.15) is 0 Å². The standard InChI is InChI=1S/C13H22N.3CO.Mo/c1-14(2)8-9-5-12-10-3-4-11(7-10)13(12)6-9;3*1-2;/h8-13H,3-7H2,1-2H3;;;;/q+1;;;;. The van der Waals surface area contributed by atoms with Crippen LogP contribution in [0.3, 0.4) is 0 Å². The molecular weight excluding hydrogens is 350 g/mol. The minimum absolute atomic E-state index is 0. The second-order valence-electron chi connectivity index (χ2n) is 6.01. The predicted octanol–water partition coefficient (Wildman–Crippen LogP) is 2.29. The molecule has 5 heteroatoms. The molecule has 0 N–H and O–H groups in total. The summed E-state index contributed by atoms with van der Waals surface area (Å²) in [5.74, 6) is 5.41. The molecule has 0 radical (unpaired) electrons. The minimum Gasteiger partial charge on any atom is 0 e. The van der Waals surface area contributed by atoms with Crippen molar-refractivity contribution in [3.05, 3.63) is 20.0 Å². The second-order valence-corrected chi connectivity index (χ2v) is 6.01. The van der Waals surface area contributed by atoms with Crippen LogP contribution in [0, 0.1) is 49.5 Å². The maximum atomic E-state index is 7.50. The molecule has 4 atom stereocenters. The molecule has 3 saturated carbocycles. The van der Waals surface area contributed by atoms with Gasteiger partial charge in [0.1, 0.15) is 20.3 Å². The Morgan fingerprint density at radius 2 is 1.19 bits per heavy atom. The number of hydrogen-bond acceptors (Lipinski definition) is 0. The zero-order valence-electron chi connectivity index (χ0n) is 12.6. The first-order chi connectivity index (χ1) is 9.74. The third-order valence-corrected chi connectivity index (χ3v) is 4.93. The minimum atomic E-state index is 0. The summed E-state index contributed by atoms with van der Waals surface area (Å²) in [5, 5.41) is 0. The number of hydrogen-bond donors (Lipinski definition) is 0. The Balaban J connectivity index is 0. The van der Waals surface area contributed by atoms with Crippen LogP contribution in [0.1, 0.15) is 32.1 Å². The van der Waals surface area contributed by atoms with Gasteiger partial charge in [0.25, 0.3) is 0 Å². The SMILES string of the molecule is C[N+](C)=CC1CC2C3CCC(C3)C2C1.[C-]#[O+].[C-]#[O+].[C-]#[O+].[Mo]. The molecule has 0 aromatic heterocycles. The summed E-state index contributed by atoms with van der Waals surface area (Å²) in [5.41, 5.74) is 0. The maximum absolute atomic E-state index is 7.50. The molecule has 2 bridgehead atoms. The van der Waals surface area contributed by atoms with E-state index >= 15 is 0 Å². The summed E-state index contributed by atoms with van der Waals surface area (Å²) < 4.78 is 24.8. The molecule has 21 heavy (non-hydrogen) atoms. The number of nitrogens with zero attached hydrogens (tertiary/aromatic N) is 1. The van der Waals surface area contributed by atoms with Gasteiger partial charge in [0.05, 0.1) is 0 Å². The van der Waals surface area contributed by atoms with Crippen molar-refractivity contribution in [3.63, 3.8) is 0 Å². The Hall–Kier alpha value is -0.422. The zero-order chi connectivity index (χ0) is 15.7. The van der Waals surface area contributed by atoms with E-state index in [0.717, 1.165) is 29.6 Å². The normalized spacial score (nSPS) is 33.2. The average molecular weight is 372 g/mol. The molecule has 3 aliphatic rings. The fourth-order valence-corrected chi connectivity index (χ4v) is 4.60. The van der Waals surface area contributed by atoms with E-state index in [2.05, 4.69) is 44.8 Å². The Labute approximate surface area is 141 Å². The van der Waals surface area contributed by atoms with Gasteiger partial charge in [-0.25, -0.2) is 4.58 Å². The summed E-state index contributed by atoms with van der Waals surface area (Å²) in [6, 6.07) is 0. The molecule has 0 heterocycles. The van der Waals surface area contributed by atoms with Crippen molar-refractivity contribution in [1.29, 1.82) is 0 Å². The molecular formula is C16H22MoNO3+. The largest absolute Gasteiger partial charge is 0 e. The predicted molar refractivity (Wildman–Crippen MR) is 70.5 cm³/mol. The average Bonchev–Trinajstić information content (AvgIpc) is 3.17. The smallest absolute Gasteiger partial charge is 0 e. The van der Waals surface area contributed by atoms with Gasteiger partial charge in [-0.05, 0) is 55.8 Å². The van der Waals surface area contributed by atoms with Gasteiger partial charge in [-0.15, -0.1) is 0 Å². The van der Waals surface area contributed by atoms with Crippen LogP contribution in [-0.2, 0) is 35.0 Å². The van der Waals surface area contributed by atoms with Crippen molar-refractivity contribution in [2.45, 2.75) is 32.1 Å². The Bertz CT molecular complexity index is 352. The van der Waals surface area contributed by atoms with Crippen molar-refractivity contribution in [3.8, 4) is 0 Å². The van der Waals surface area contributed by atoms with E-state index < -0.39 is 0 Å². The van der Waals surface area contributed by atoms with Crippen molar-refractivity contribution < 1.29 is 39.6 Å². The van der Waals surface area contributed by atoms with Crippen LogP contribution in [0.15, 0.2) is 0 Å². The topological polar surface area (TPSA) is 62.7 Å². The van der Waals surface area contributed by atoms with Gasteiger partial charge in [-0.1, -0.05) is 0 Å². The van der Waals surface area contributed by atoms with Gasteiger partial charge in [0.15, 0.2) is 0 Å². The van der Waals surface area contributed by atoms with Crippen LogP contribution in [-0.4, -0.2) is 24.9 Å². The molecule has 0 aromatic rings. The molecule has 0 amide bonds. The molecule has 4 nitrogen and oxygen atoms in total. The fraction of sp³-hybridized carbons (Fsp3) is 0.750. The maximum Gasteiger partial charge on any atom is 0 e. The quantitative estimate of drug-likeness (QED) is 0.223. The van der Waals surface area contributed by atoms with E-state index in [1.807, 2.05) is 0 Å². The summed E-state index contributed by atoms with van der Waals surface area (Å²) in [4.78, 5) is 0. The first-order valence-corrected chi connectivity index (χ1v) is 6.86. The Morgan fingerprint density at radius 3 is 1.52 bits per heavy atom. The van der Waals surface area contributed by atoms with Gasteiger partial charge >= 0.3 is 33.9 Å². The van der Waals surface area contributed by atoms with Crippen LogP contribution >= 0.6 is 0 Å². The van der Waals surface area contributed by atoms with Crippen LogP contribution in [0.5, 0.6) is 0 Å². The van der Waals surface area contributed by atoms with Gasteiger partial charge in [0.2, 0.25) is 0 Å². The van der Waals surface area contributed by atoms with E-state index in [-0.39, 0.29) is 21.1 Å². The summed E-state index contributed by atoms with van der Waals surface area (Å²) >= 11 is 0. The third-order valence-electron chi connectivity index (χ3n) is 4.93. The van der Waals surface area contributed by atoms with Gasteiger partial charge in [0, 0.05) is 27.0 Å². The van der Waals surface area contributed by atoms with Crippen LogP contribution < -0.4 is 0 Å². The molecule has 0 saturated heterocycles. The Morgan fingerprint density at radius 1 is 0.810 bits per heavy atom. The van der Waals surface area contributed by atoms with E-state index in [0.29, 0.717) is 0 Å². The van der Waals surface area contributed by atoms with Crippen molar-refractivity contribution >= 4 is 6.21 Å². The van der Waals surface area contributed by atoms with Gasteiger partial charge in [-0.3, -0.25) is 0 Å². The van der Waals surface area contributed by atoms with Crippen molar-refractivity contribution in [2.75, 3.05) is 14.1 Å². The molecule has 3 fully saturated rings. The monoisotopic (exact) mass is 374 g/mol. The molecule has 3 aliphatic carbocycles. The number of rotatable bonds is 1. The number of fused-ring (bicyclic) bond motifs is 5. The van der Waals surface area contributed by atoms with Crippen molar-refractivity contribution in [1.82, 2.24) is 0 Å². The zero-order valence-corrected chi connectivity index (χ0v) is 14.6. The molecule has 0 aliphatic heterocycles. The van der Waals surface area contributed by atoms with E-state index in [1.54, 1.807) is 19.3 Å². The first kappa shape index (κ1) is 22.9. The molecule has 0 spiro atoms. The van der Waals surface area contributed by atoms with Crippen LogP contribution in [0.2, 0.25) is 0 Å². The Kier molecular flexibility index (Phi) is 13.2. The van der Waals surface area contributed by atoms with E-state index in [9.17, 15) is 0 Å². The van der Waals surface area contributed by atoms with Gasteiger partial charge < -0.3 is 0 Å².